The van der Waals surface area contributed by atoms with Gasteiger partial charge >= 0.3 is 12.2 Å². The van der Waals surface area contributed by atoms with Crippen LogP contribution >= 0.6 is 0 Å². The van der Waals surface area contributed by atoms with E-state index in [1.54, 1.807) is 36.1 Å². The summed E-state index contributed by atoms with van der Waals surface area (Å²) in [4.78, 5) is 20.4. The van der Waals surface area contributed by atoms with Crippen LogP contribution in [0.1, 0.15) is 11.4 Å². The maximum Gasteiger partial charge on any atom is 0.418 e. The van der Waals surface area contributed by atoms with Gasteiger partial charge in [0.1, 0.15) is 11.6 Å². The van der Waals surface area contributed by atoms with E-state index in [1.165, 1.54) is 18.2 Å². The average molecular weight is 405 g/mol. The summed E-state index contributed by atoms with van der Waals surface area (Å²) in [6.07, 6.45) is -1.18. The number of aromatic nitrogens is 4. The lowest BCUT2D eigenvalue weighted by Gasteiger charge is -2.14. The van der Waals surface area contributed by atoms with Gasteiger partial charge in [0, 0.05) is 31.5 Å². The zero-order chi connectivity index (χ0) is 20.9. The van der Waals surface area contributed by atoms with E-state index in [0.717, 1.165) is 6.07 Å². The maximum atomic E-state index is 13.0. The van der Waals surface area contributed by atoms with Crippen molar-refractivity contribution in [2.75, 3.05) is 23.7 Å². The number of halogens is 3. The fourth-order valence-corrected chi connectivity index (χ4v) is 2.54. The molecule has 0 bridgehead atoms. The Hall–Kier alpha value is -3.63. The van der Waals surface area contributed by atoms with E-state index in [4.69, 9.17) is 0 Å². The SMILES string of the molecule is Cc1nc(NCCNC(=O)Nc2ccccc2C(F)(F)F)cc(-n2cccn2)n1. The number of alkyl halides is 3. The molecule has 8 nitrogen and oxygen atoms in total. The van der Waals surface area contributed by atoms with Crippen LogP contribution in [0.25, 0.3) is 5.82 Å². The number of hydrogen-bond acceptors (Lipinski definition) is 5. The lowest BCUT2D eigenvalue weighted by atomic mass is 10.1. The van der Waals surface area contributed by atoms with Crippen LogP contribution in [0, 0.1) is 6.92 Å². The van der Waals surface area contributed by atoms with Crippen molar-refractivity contribution in [2.45, 2.75) is 13.1 Å². The van der Waals surface area contributed by atoms with E-state index in [9.17, 15) is 18.0 Å². The Bertz CT molecular complexity index is 974. The number of anilines is 2. The van der Waals surface area contributed by atoms with Gasteiger partial charge in [-0.3, -0.25) is 0 Å². The molecule has 2 heterocycles. The van der Waals surface area contributed by atoms with Crippen LogP contribution in [0.2, 0.25) is 0 Å². The van der Waals surface area contributed by atoms with E-state index in [1.807, 2.05) is 0 Å². The molecule has 3 N–H and O–H groups in total. The molecule has 2 amide bonds. The first kappa shape index (κ1) is 20.1. The summed E-state index contributed by atoms with van der Waals surface area (Å²) in [6.45, 7) is 2.21. The molecule has 152 valence electrons. The normalized spacial score (nSPS) is 11.2. The van der Waals surface area contributed by atoms with Crippen LogP contribution < -0.4 is 16.0 Å². The lowest BCUT2D eigenvalue weighted by molar-refractivity contribution is -0.136. The Labute approximate surface area is 164 Å². The number of amides is 2. The predicted molar refractivity (Wildman–Crippen MR) is 101 cm³/mol. The van der Waals surface area contributed by atoms with Crippen LogP contribution in [0.3, 0.4) is 0 Å². The molecule has 3 aromatic rings. The predicted octanol–water partition coefficient (Wildman–Crippen LogP) is 3.22. The highest BCUT2D eigenvalue weighted by molar-refractivity contribution is 5.90. The van der Waals surface area contributed by atoms with E-state index >= 15 is 0 Å². The minimum Gasteiger partial charge on any atom is -0.368 e. The summed E-state index contributed by atoms with van der Waals surface area (Å²) in [5, 5.41) is 11.8. The standard InChI is InChI=1S/C18H18F3N7O/c1-12-25-15(11-16(26-12)28-10-4-7-24-28)22-8-9-23-17(29)27-14-6-3-2-5-13(14)18(19,20)21/h2-7,10-11H,8-9H2,1H3,(H,22,25,26)(H2,23,27,29). The first-order valence-electron chi connectivity index (χ1n) is 8.63. The molecule has 0 aliphatic heterocycles. The highest BCUT2D eigenvalue weighted by Crippen LogP contribution is 2.34. The first-order chi connectivity index (χ1) is 13.8. The number of para-hydroxylation sites is 1. The van der Waals surface area contributed by atoms with Crippen LogP contribution in [-0.4, -0.2) is 38.9 Å². The minimum atomic E-state index is -4.55. The number of rotatable bonds is 6. The van der Waals surface area contributed by atoms with Crippen LogP contribution in [0.4, 0.5) is 29.5 Å². The summed E-state index contributed by atoms with van der Waals surface area (Å²) in [5.74, 6) is 1.65. The molecule has 29 heavy (non-hydrogen) atoms. The molecule has 0 saturated heterocycles. The number of benzene rings is 1. The Kier molecular flexibility index (Phi) is 5.96. The zero-order valence-electron chi connectivity index (χ0n) is 15.4. The molecular formula is C18H18F3N7O. The second-order valence-corrected chi connectivity index (χ2v) is 5.96. The van der Waals surface area contributed by atoms with E-state index in [-0.39, 0.29) is 12.2 Å². The van der Waals surface area contributed by atoms with Crippen molar-refractivity contribution >= 4 is 17.5 Å². The molecule has 2 aromatic heterocycles. The second kappa shape index (κ2) is 8.59. The van der Waals surface area contributed by atoms with Crippen molar-refractivity contribution in [1.82, 2.24) is 25.1 Å². The lowest BCUT2D eigenvalue weighted by Crippen LogP contribution is -2.33. The van der Waals surface area contributed by atoms with Crippen molar-refractivity contribution < 1.29 is 18.0 Å². The quantitative estimate of drug-likeness (QED) is 0.547. The van der Waals surface area contributed by atoms with Crippen molar-refractivity contribution in [3.63, 3.8) is 0 Å². The Morgan fingerprint density at radius 1 is 1.14 bits per heavy atom. The number of hydrogen-bond donors (Lipinski definition) is 3. The number of urea groups is 1. The minimum absolute atomic E-state index is 0.167. The van der Waals surface area contributed by atoms with Gasteiger partial charge in [0.15, 0.2) is 5.82 Å². The van der Waals surface area contributed by atoms with Gasteiger partial charge in [0.2, 0.25) is 0 Å². The number of carbonyl (C=O) groups excluding carboxylic acids is 1. The van der Waals surface area contributed by atoms with E-state index in [2.05, 4.69) is 31.0 Å². The van der Waals surface area contributed by atoms with Crippen LogP contribution in [0.15, 0.2) is 48.8 Å². The molecule has 3 rings (SSSR count). The maximum absolute atomic E-state index is 13.0. The fourth-order valence-electron chi connectivity index (χ4n) is 2.54. The Morgan fingerprint density at radius 2 is 1.93 bits per heavy atom. The second-order valence-electron chi connectivity index (χ2n) is 5.96. The van der Waals surface area contributed by atoms with Crippen LogP contribution in [0.5, 0.6) is 0 Å². The summed E-state index contributed by atoms with van der Waals surface area (Å²) < 4.78 is 40.5. The molecular weight excluding hydrogens is 387 g/mol. The van der Waals surface area contributed by atoms with Gasteiger partial charge in [-0.1, -0.05) is 12.1 Å². The molecule has 1 aromatic carbocycles. The smallest absolute Gasteiger partial charge is 0.368 e. The van der Waals surface area contributed by atoms with Gasteiger partial charge in [-0.05, 0) is 25.1 Å². The average Bonchev–Trinajstić information content (AvgIpc) is 3.19. The molecule has 11 heteroatoms. The number of aryl methyl sites for hydroxylation is 1. The third-order valence-corrected chi connectivity index (χ3v) is 3.76. The number of nitrogens with one attached hydrogen (secondary N) is 3. The molecule has 0 unspecified atom stereocenters. The van der Waals surface area contributed by atoms with Gasteiger partial charge in [0.25, 0.3) is 0 Å². The van der Waals surface area contributed by atoms with Gasteiger partial charge in [0.05, 0.1) is 11.3 Å². The molecule has 0 spiro atoms. The first-order valence-corrected chi connectivity index (χ1v) is 8.63. The topological polar surface area (TPSA) is 96.8 Å². The monoisotopic (exact) mass is 405 g/mol. The molecule has 0 radical (unpaired) electrons. The third kappa shape index (κ3) is 5.43. The number of nitrogens with zero attached hydrogens (tertiary/aromatic N) is 4. The van der Waals surface area contributed by atoms with Crippen molar-refractivity contribution in [3.8, 4) is 5.82 Å². The van der Waals surface area contributed by atoms with Gasteiger partial charge in [-0.25, -0.2) is 19.4 Å². The van der Waals surface area contributed by atoms with Gasteiger partial charge in [-0.15, -0.1) is 0 Å². The van der Waals surface area contributed by atoms with Gasteiger partial charge < -0.3 is 16.0 Å². The summed E-state index contributed by atoms with van der Waals surface area (Å²) in [7, 11) is 0. The third-order valence-electron chi connectivity index (χ3n) is 3.76. The van der Waals surface area contributed by atoms with Crippen molar-refractivity contribution in [3.05, 3.63) is 60.2 Å². The Balaban J connectivity index is 1.52. The summed E-state index contributed by atoms with van der Waals surface area (Å²) >= 11 is 0. The van der Waals surface area contributed by atoms with Gasteiger partial charge in [-0.2, -0.15) is 18.3 Å². The zero-order valence-corrected chi connectivity index (χ0v) is 15.4. The highest BCUT2D eigenvalue weighted by Gasteiger charge is 2.33. The van der Waals surface area contributed by atoms with Crippen molar-refractivity contribution in [2.24, 2.45) is 0 Å². The van der Waals surface area contributed by atoms with E-state index in [0.29, 0.717) is 24.0 Å². The largest absolute Gasteiger partial charge is 0.418 e. The molecule has 0 aliphatic carbocycles. The van der Waals surface area contributed by atoms with E-state index < -0.39 is 17.8 Å². The van der Waals surface area contributed by atoms with Crippen LogP contribution in [-0.2, 0) is 6.18 Å². The number of carbonyl (C=O) groups is 1. The molecule has 0 atom stereocenters. The van der Waals surface area contributed by atoms with Crippen molar-refractivity contribution in [1.29, 1.82) is 0 Å². The summed E-state index contributed by atoms with van der Waals surface area (Å²) in [5.41, 5.74) is -1.21. The summed E-state index contributed by atoms with van der Waals surface area (Å²) in [6, 6.07) is 7.51. The fraction of sp³-hybridized carbons (Fsp3) is 0.222. The molecule has 0 fully saturated rings. The molecule has 0 aliphatic rings. The molecule has 0 saturated carbocycles. The highest BCUT2D eigenvalue weighted by atomic mass is 19.4. The Morgan fingerprint density at radius 3 is 2.66 bits per heavy atom.